The van der Waals surface area contributed by atoms with E-state index in [0.717, 1.165) is 22.3 Å². The molecule has 0 radical (unpaired) electrons. The first-order valence-electron chi connectivity index (χ1n) is 10.3. The molecule has 0 aliphatic rings. The number of aromatic nitrogens is 1. The Labute approximate surface area is 191 Å². The molecule has 170 valence electrons. The van der Waals surface area contributed by atoms with Crippen LogP contribution in [0.25, 0.3) is 10.9 Å². The number of nitrogens with one attached hydrogen (secondary N) is 1. The summed E-state index contributed by atoms with van der Waals surface area (Å²) in [5.41, 5.74) is 10.7. The quantitative estimate of drug-likeness (QED) is 0.426. The van der Waals surface area contributed by atoms with E-state index in [2.05, 4.69) is 4.72 Å². The lowest BCUT2D eigenvalue weighted by Gasteiger charge is -2.16. The van der Waals surface area contributed by atoms with Crippen molar-refractivity contribution in [1.82, 2.24) is 9.29 Å². The highest BCUT2D eigenvalue weighted by molar-refractivity contribution is 7.90. The molecule has 6 nitrogen and oxygen atoms in total. The van der Waals surface area contributed by atoms with E-state index in [4.69, 9.17) is 5.73 Å². The van der Waals surface area contributed by atoms with Crippen molar-refractivity contribution >= 4 is 32.5 Å². The molecule has 0 aliphatic heterocycles. The van der Waals surface area contributed by atoms with Crippen molar-refractivity contribution in [3.05, 3.63) is 94.4 Å². The summed E-state index contributed by atoms with van der Waals surface area (Å²) in [6.07, 6.45) is 0. The molecule has 0 saturated carbocycles. The average Bonchev–Trinajstić information content (AvgIpc) is 3.08. The number of rotatable bonds is 5. The lowest BCUT2D eigenvalue weighted by Crippen LogP contribution is -2.32. The van der Waals surface area contributed by atoms with Gasteiger partial charge >= 0.3 is 0 Å². The first-order valence-corrected chi connectivity index (χ1v) is 11.8. The molecule has 0 spiro atoms. The van der Waals surface area contributed by atoms with Gasteiger partial charge in [0, 0.05) is 17.6 Å². The van der Waals surface area contributed by atoms with Crippen LogP contribution in [0, 0.1) is 26.6 Å². The first kappa shape index (κ1) is 22.5. The fourth-order valence-electron chi connectivity index (χ4n) is 4.12. The Morgan fingerprint density at radius 1 is 1.00 bits per heavy atom. The molecule has 0 aliphatic carbocycles. The number of anilines is 1. The molecular weight excluding hydrogens is 441 g/mol. The summed E-state index contributed by atoms with van der Waals surface area (Å²) in [6, 6.07) is 15.6. The number of nitrogens with two attached hydrogens (primary N) is 1. The highest BCUT2D eigenvalue weighted by Gasteiger charge is 2.23. The van der Waals surface area contributed by atoms with Gasteiger partial charge in [-0.2, -0.15) is 0 Å². The molecule has 0 atom stereocenters. The number of nitrogens with zero attached hydrogens (tertiary/aromatic N) is 1. The molecule has 0 unspecified atom stereocenters. The van der Waals surface area contributed by atoms with Gasteiger partial charge in [-0.15, -0.1) is 0 Å². The first-order chi connectivity index (χ1) is 15.5. The zero-order valence-corrected chi connectivity index (χ0v) is 19.3. The van der Waals surface area contributed by atoms with E-state index in [1.165, 1.54) is 30.3 Å². The van der Waals surface area contributed by atoms with Gasteiger partial charge in [-0.25, -0.2) is 17.5 Å². The van der Waals surface area contributed by atoms with Crippen molar-refractivity contribution in [1.29, 1.82) is 0 Å². The van der Waals surface area contributed by atoms with Crippen molar-refractivity contribution in [2.24, 2.45) is 0 Å². The van der Waals surface area contributed by atoms with Crippen LogP contribution in [0.2, 0.25) is 0 Å². The zero-order chi connectivity index (χ0) is 23.9. The number of amides is 1. The maximum atomic E-state index is 14.1. The van der Waals surface area contributed by atoms with Gasteiger partial charge < -0.3 is 10.3 Å². The average molecular weight is 466 g/mol. The van der Waals surface area contributed by atoms with E-state index in [-0.39, 0.29) is 22.8 Å². The fourth-order valence-corrected chi connectivity index (χ4v) is 5.13. The van der Waals surface area contributed by atoms with Crippen molar-refractivity contribution in [3.8, 4) is 0 Å². The van der Waals surface area contributed by atoms with Gasteiger partial charge in [0.25, 0.3) is 15.9 Å². The van der Waals surface area contributed by atoms with E-state index >= 15 is 0 Å². The van der Waals surface area contributed by atoms with Gasteiger partial charge in [0.1, 0.15) is 11.5 Å². The van der Waals surface area contributed by atoms with Gasteiger partial charge in [0.15, 0.2) is 0 Å². The van der Waals surface area contributed by atoms with Crippen molar-refractivity contribution in [2.45, 2.75) is 32.2 Å². The van der Waals surface area contributed by atoms with Crippen LogP contribution in [-0.4, -0.2) is 18.9 Å². The monoisotopic (exact) mass is 465 g/mol. The van der Waals surface area contributed by atoms with Crippen LogP contribution in [0.5, 0.6) is 0 Å². The lowest BCUT2D eigenvalue weighted by molar-refractivity contribution is 0.0973. The Hall–Kier alpha value is -3.65. The molecule has 1 amide bonds. The Morgan fingerprint density at radius 2 is 1.70 bits per heavy atom. The van der Waals surface area contributed by atoms with E-state index < -0.39 is 21.7 Å². The summed E-state index contributed by atoms with van der Waals surface area (Å²) in [5, 5.41) is 0.630. The molecule has 3 N–H and O–H groups in total. The number of sulfonamides is 1. The number of halogens is 1. The van der Waals surface area contributed by atoms with E-state index in [1.807, 2.05) is 32.9 Å². The second kappa shape index (κ2) is 8.37. The molecule has 1 aromatic heterocycles. The largest absolute Gasteiger partial charge is 0.399 e. The number of carbonyl (C=O) groups is 1. The summed E-state index contributed by atoms with van der Waals surface area (Å²) < 4.78 is 43.4. The highest BCUT2D eigenvalue weighted by Crippen LogP contribution is 2.26. The predicted octanol–water partition coefficient (Wildman–Crippen LogP) is 4.45. The lowest BCUT2D eigenvalue weighted by atomic mass is 9.99. The number of hydrogen-bond acceptors (Lipinski definition) is 4. The maximum absolute atomic E-state index is 14.1. The molecule has 0 bridgehead atoms. The molecule has 4 aromatic rings. The third-order valence-electron chi connectivity index (χ3n) is 5.65. The van der Waals surface area contributed by atoms with Gasteiger partial charge in [-0.05, 0) is 79.9 Å². The van der Waals surface area contributed by atoms with E-state index in [1.54, 1.807) is 22.8 Å². The predicted molar refractivity (Wildman–Crippen MR) is 127 cm³/mol. The summed E-state index contributed by atoms with van der Waals surface area (Å²) >= 11 is 0. The molecule has 0 saturated heterocycles. The van der Waals surface area contributed by atoms with E-state index in [9.17, 15) is 17.6 Å². The van der Waals surface area contributed by atoms with Gasteiger partial charge in [0.2, 0.25) is 0 Å². The fraction of sp³-hybridized carbons (Fsp3) is 0.160. The van der Waals surface area contributed by atoms with Crippen LogP contribution >= 0.6 is 0 Å². The smallest absolute Gasteiger partial charge is 0.281 e. The Bertz CT molecular complexity index is 1480. The van der Waals surface area contributed by atoms with Gasteiger partial charge in [0.05, 0.1) is 10.4 Å². The molecular formula is C25H24FN3O3S. The minimum Gasteiger partial charge on any atom is -0.399 e. The Morgan fingerprint density at radius 3 is 2.36 bits per heavy atom. The number of fused-ring (bicyclic) bond motifs is 1. The topological polar surface area (TPSA) is 94.2 Å². The minimum absolute atomic E-state index is 0.113. The Balaban J connectivity index is 1.80. The molecule has 1 heterocycles. The normalized spacial score (nSPS) is 11.6. The van der Waals surface area contributed by atoms with Crippen LogP contribution < -0.4 is 10.5 Å². The van der Waals surface area contributed by atoms with Crippen molar-refractivity contribution in [3.63, 3.8) is 0 Å². The minimum atomic E-state index is -4.15. The maximum Gasteiger partial charge on any atom is 0.281 e. The van der Waals surface area contributed by atoms with Crippen LogP contribution in [-0.2, 0) is 16.6 Å². The standard InChI is InChI=1S/C25H24FN3O3S/c1-15-9-16(2)22(17(3)10-15)14-29-23-12-19(26)8-7-18(23)11-24(29)25(30)28-33(31,32)21-6-4-5-20(27)13-21/h4-13H,14,27H2,1-3H3,(H,28,30). The van der Waals surface area contributed by atoms with Gasteiger partial charge in [-0.1, -0.05) is 23.8 Å². The molecule has 33 heavy (non-hydrogen) atoms. The SMILES string of the molecule is Cc1cc(C)c(Cn2c(C(=O)NS(=O)(=O)c3cccc(N)c3)cc3ccc(F)cc32)c(C)c1. The van der Waals surface area contributed by atoms with Crippen molar-refractivity contribution in [2.75, 3.05) is 5.73 Å². The van der Waals surface area contributed by atoms with Crippen LogP contribution in [0.1, 0.15) is 32.7 Å². The number of carbonyl (C=O) groups excluding carboxylic acids is 1. The number of benzene rings is 3. The third-order valence-corrected chi connectivity index (χ3v) is 6.98. The Kier molecular flexibility index (Phi) is 5.71. The summed E-state index contributed by atoms with van der Waals surface area (Å²) in [6.45, 7) is 6.24. The second-order valence-corrected chi connectivity index (χ2v) is 9.89. The number of nitrogen functional groups attached to an aromatic ring is 1. The third kappa shape index (κ3) is 4.47. The van der Waals surface area contributed by atoms with Crippen LogP contribution in [0.15, 0.2) is 65.6 Å². The molecule has 4 rings (SSSR count). The molecule has 8 heteroatoms. The van der Waals surface area contributed by atoms with Gasteiger partial charge in [-0.3, -0.25) is 4.79 Å². The summed E-state index contributed by atoms with van der Waals surface area (Å²) in [4.78, 5) is 13.1. The molecule has 0 fully saturated rings. The van der Waals surface area contributed by atoms with Crippen LogP contribution in [0.4, 0.5) is 10.1 Å². The second-order valence-electron chi connectivity index (χ2n) is 8.20. The highest BCUT2D eigenvalue weighted by atomic mass is 32.2. The summed E-state index contributed by atoms with van der Waals surface area (Å²) in [5.74, 6) is -1.25. The number of aryl methyl sites for hydroxylation is 3. The van der Waals surface area contributed by atoms with Crippen LogP contribution in [0.3, 0.4) is 0 Å². The van der Waals surface area contributed by atoms with Crippen molar-refractivity contribution < 1.29 is 17.6 Å². The zero-order valence-electron chi connectivity index (χ0n) is 18.5. The van der Waals surface area contributed by atoms with E-state index in [0.29, 0.717) is 10.9 Å². The summed E-state index contributed by atoms with van der Waals surface area (Å²) in [7, 11) is -4.15. The molecule has 3 aromatic carbocycles. The number of hydrogen-bond donors (Lipinski definition) is 2.